The zero-order valence-electron chi connectivity index (χ0n) is 18.2. The fraction of sp³-hybridized carbons (Fsp3) is 0.217. The highest BCUT2D eigenvalue weighted by Crippen LogP contribution is 2.38. The summed E-state index contributed by atoms with van der Waals surface area (Å²) in [6.45, 7) is 6.34. The van der Waals surface area contributed by atoms with Gasteiger partial charge in [0.05, 0.1) is 44.8 Å². The van der Waals surface area contributed by atoms with Crippen LogP contribution in [-0.2, 0) is 0 Å². The molecule has 0 aliphatic rings. The molecule has 0 radical (unpaired) electrons. The second-order valence-electron chi connectivity index (χ2n) is 6.82. The predicted octanol–water partition coefficient (Wildman–Crippen LogP) is 5.91. The SMILES string of the molecule is C=C(C)CN=c1scc(-c2cc(Cl)ccc2Cl)n1N=Cc1cc(OC)c(OC)c(OC)c1. The van der Waals surface area contributed by atoms with Crippen LogP contribution in [0, 0.1) is 0 Å². The zero-order chi connectivity index (χ0) is 23.3. The Bertz CT molecular complexity index is 1210. The van der Waals surface area contributed by atoms with E-state index in [2.05, 4.69) is 11.6 Å². The Morgan fingerprint density at radius 3 is 2.38 bits per heavy atom. The van der Waals surface area contributed by atoms with Gasteiger partial charge in [0.15, 0.2) is 11.5 Å². The van der Waals surface area contributed by atoms with Crippen LogP contribution in [0.5, 0.6) is 17.2 Å². The Kier molecular flexibility index (Phi) is 8.01. The molecule has 0 saturated heterocycles. The van der Waals surface area contributed by atoms with E-state index in [9.17, 15) is 0 Å². The minimum Gasteiger partial charge on any atom is -0.493 e. The molecule has 0 amide bonds. The van der Waals surface area contributed by atoms with Crippen molar-refractivity contribution in [1.82, 2.24) is 4.68 Å². The van der Waals surface area contributed by atoms with E-state index in [1.54, 1.807) is 50.4 Å². The van der Waals surface area contributed by atoms with E-state index in [0.717, 1.165) is 22.4 Å². The highest BCUT2D eigenvalue weighted by atomic mass is 35.5. The summed E-state index contributed by atoms with van der Waals surface area (Å²) < 4.78 is 18.0. The average Bonchev–Trinajstić information content (AvgIpc) is 3.19. The molecule has 0 unspecified atom stereocenters. The van der Waals surface area contributed by atoms with Crippen molar-refractivity contribution in [2.75, 3.05) is 27.9 Å². The molecular weight excluding hydrogens is 469 g/mol. The summed E-state index contributed by atoms with van der Waals surface area (Å²) in [5.74, 6) is 1.58. The van der Waals surface area contributed by atoms with Crippen molar-refractivity contribution in [3.63, 3.8) is 0 Å². The minimum atomic E-state index is 0.489. The molecule has 32 heavy (non-hydrogen) atoms. The van der Waals surface area contributed by atoms with Gasteiger partial charge in [-0.05, 0) is 37.3 Å². The smallest absolute Gasteiger partial charge is 0.206 e. The molecule has 0 saturated carbocycles. The monoisotopic (exact) mass is 491 g/mol. The molecule has 0 fully saturated rings. The van der Waals surface area contributed by atoms with Crippen molar-refractivity contribution in [2.45, 2.75) is 6.92 Å². The second-order valence-corrected chi connectivity index (χ2v) is 8.50. The Morgan fingerprint density at radius 2 is 1.78 bits per heavy atom. The number of aromatic nitrogens is 1. The lowest BCUT2D eigenvalue weighted by Gasteiger charge is -2.12. The van der Waals surface area contributed by atoms with Crippen LogP contribution in [0.25, 0.3) is 11.3 Å². The van der Waals surface area contributed by atoms with Gasteiger partial charge in [0, 0.05) is 21.5 Å². The van der Waals surface area contributed by atoms with Gasteiger partial charge in [0.1, 0.15) is 0 Å². The highest BCUT2D eigenvalue weighted by Gasteiger charge is 2.14. The summed E-state index contributed by atoms with van der Waals surface area (Å²) in [6, 6.07) is 8.94. The molecule has 0 atom stereocenters. The summed E-state index contributed by atoms with van der Waals surface area (Å²) in [4.78, 5) is 5.33. The first-order valence-corrected chi connectivity index (χ1v) is 11.2. The molecule has 9 heteroatoms. The molecule has 2 aromatic carbocycles. The van der Waals surface area contributed by atoms with E-state index in [0.29, 0.717) is 38.6 Å². The number of rotatable bonds is 8. The molecule has 0 aliphatic heterocycles. The quantitative estimate of drug-likeness (QED) is 0.290. The maximum Gasteiger partial charge on any atom is 0.206 e. The molecule has 0 N–H and O–H groups in total. The van der Waals surface area contributed by atoms with Crippen LogP contribution in [0.4, 0.5) is 0 Å². The van der Waals surface area contributed by atoms with Crippen LogP contribution in [0.2, 0.25) is 10.0 Å². The van der Waals surface area contributed by atoms with E-state index in [4.69, 9.17) is 42.5 Å². The molecular formula is C23H23Cl2N3O3S. The van der Waals surface area contributed by atoms with E-state index in [1.807, 2.05) is 24.4 Å². The molecule has 3 aromatic rings. The zero-order valence-corrected chi connectivity index (χ0v) is 20.5. The van der Waals surface area contributed by atoms with E-state index >= 15 is 0 Å². The molecule has 3 rings (SSSR count). The second kappa shape index (κ2) is 10.7. The molecule has 1 aromatic heterocycles. The van der Waals surface area contributed by atoms with Gasteiger partial charge in [0.25, 0.3) is 0 Å². The minimum absolute atomic E-state index is 0.489. The Morgan fingerprint density at radius 1 is 1.09 bits per heavy atom. The number of hydrogen-bond acceptors (Lipinski definition) is 6. The number of ether oxygens (including phenoxy) is 3. The normalized spacial score (nSPS) is 11.8. The van der Waals surface area contributed by atoms with Gasteiger partial charge in [-0.25, -0.2) is 4.68 Å². The number of benzene rings is 2. The van der Waals surface area contributed by atoms with E-state index in [1.165, 1.54) is 11.3 Å². The van der Waals surface area contributed by atoms with Crippen LogP contribution in [0.3, 0.4) is 0 Å². The van der Waals surface area contributed by atoms with Crippen LogP contribution in [0.15, 0.2) is 58.0 Å². The summed E-state index contributed by atoms with van der Waals surface area (Å²) in [6.07, 6.45) is 1.69. The molecule has 168 valence electrons. The van der Waals surface area contributed by atoms with E-state index < -0.39 is 0 Å². The van der Waals surface area contributed by atoms with Crippen molar-refractivity contribution in [3.8, 4) is 28.5 Å². The number of methoxy groups -OCH3 is 3. The molecule has 0 bridgehead atoms. The van der Waals surface area contributed by atoms with Gasteiger partial charge in [0.2, 0.25) is 10.6 Å². The lowest BCUT2D eigenvalue weighted by Crippen LogP contribution is -2.13. The molecule has 0 aliphatic carbocycles. The van der Waals surface area contributed by atoms with Gasteiger partial charge in [-0.2, -0.15) is 5.10 Å². The summed E-state index contributed by atoms with van der Waals surface area (Å²) >= 11 is 14.1. The van der Waals surface area contributed by atoms with Gasteiger partial charge < -0.3 is 14.2 Å². The largest absolute Gasteiger partial charge is 0.493 e. The summed E-state index contributed by atoms with van der Waals surface area (Å²) in [5, 5.41) is 7.78. The first-order valence-electron chi connectivity index (χ1n) is 9.53. The summed E-state index contributed by atoms with van der Waals surface area (Å²) in [7, 11) is 4.70. The number of nitrogens with zero attached hydrogens (tertiary/aromatic N) is 3. The average molecular weight is 492 g/mol. The number of halogens is 2. The third-order valence-corrected chi connectivity index (χ3v) is 5.80. The molecule has 1 heterocycles. The Hall–Kier alpha value is -2.74. The Labute approximate surface area is 201 Å². The molecule has 0 spiro atoms. The first-order chi connectivity index (χ1) is 15.4. The highest BCUT2D eigenvalue weighted by molar-refractivity contribution is 7.07. The fourth-order valence-electron chi connectivity index (χ4n) is 2.90. The maximum absolute atomic E-state index is 6.46. The maximum atomic E-state index is 6.46. The van der Waals surface area contributed by atoms with Crippen LogP contribution < -0.4 is 19.0 Å². The lowest BCUT2D eigenvalue weighted by atomic mass is 10.2. The number of thiazole rings is 1. The van der Waals surface area contributed by atoms with Crippen molar-refractivity contribution in [1.29, 1.82) is 0 Å². The van der Waals surface area contributed by atoms with E-state index in [-0.39, 0.29) is 0 Å². The van der Waals surface area contributed by atoms with Crippen LogP contribution in [0.1, 0.15) is 12.5 Å². The van der Waals surface area contributed by atoms with Crippen LogP contribution >= 0.6 is 34.5 Å². The Balaban J connectivity index is 2.15. The van der Waals surface area contributed by atoms with Gasteiger partial charge in [-0.1, -0.05) is 35.4 Å². The first kappa shape index (κ1) is 23.9. The van der Waals surface area contributed by atoms with Gasteiger partial charge in [-0.15, -0.1) is 11.3 Å². The standard InChI is InChI=1S/C23H23Cl2N3O3S/c1-14(2)11-26-23-28(19(13-32-23)17-10-16(24)6-7-18(17)25)27-12-15-8-20(29-3)22(31-5)21(9-15)30-4/h6-10,12-13H,1,11H2,2-5H3. The lowest BCUT2D eigenvalue weighted by molar-refractivity contribution is 0.324. The third kappa shape index (κ3) is 5.35. The predicted molar refractivity (Wildman–Crippen MR) is 132 cm³/mol. The van der Waals surface area contributed by atoms with Gasteiger partial charge >= 0.3 is 0 Å². The molecule has 6 nitrogen and oxygen atoms in total. The van der Waals surface area contributed by atoms with Crippen molar-refractivity contribution in [3.05, 3.63) is 68.3 Å². The topological polar surface area (TPSA) is 57.3 Å². The summed E-state index contributed by atoms with van der Waals surface area (Å²) in [5.41, 5.74) is 3.23. The van der Waals surface area contributed by atoms with Crippen molar-refractivity contribution in [2.24, 2.45) is 10.1 Å². The fourth-order valence-corrected chi connectivity index (χ4v) is 4.12. The third-order valence-electron chi connectivity index (χ3n) is 4.38. The van der Waals surface area contributed by atoms with Crippen LogP contribution in [-0.4, -0.2) is 38.8 Å². The van der Waals surface area contributed by atoms with Crippen molar-refractivity contribution >= 4 is 40.8 Å². The van der Waals surface area contributed by atoms with Gasteiger partial charge in [-0.3, -0.25) is 4.99 Å². The van der Waals surface area contributed by atoms with Crippen molar-refractivity contribution < 1.29 is 14.2 Å². The number of hydrogen-bond donors (Lipinski definition) is 0.